The van der Waals surface area contributed by atoms with Crippen molar-refractivity contribution in [2.75, 3.05) is 6.54 Å². The summed E-state index contributed by atoms with van der Waals surface area (Å²) in [6.07, 6.45) is 4.96. The van der Waals surface area contributed by atoms with Gasteiger partial charge in [-0.3, -0.25) is 4.79 Å². The molecule has 0 bridgehead atoms. The fourth-order valence-electron chi connectivity index (χ4n) is 2.80. The number of amides is 1. The standard InChI is InChI=1S/C17H17Cl2N3OS/c1-11(23)22-7-3-2-4-13(22)9-20-17-21-16(10-24-17)14-6-5-12(18)8-15(14)19/h5-6,8-10,13H,2-4,7H2,1H3. The molecule has 0 radical (unpaired) electrons. The Morgan fingerprint density at radius 3 is 3.00 bits per heavy atom. The van der Waals surface area contributed by atoms with Gasteiger partial charge in [-0.05, 0) is 37.5 Å². The van der Waals surface area contributed by atoms with Crippen molar-refractivity contribution in [1.29, 1.82) is 0 Å². The van der Waals surface area contributed by atoms with Crippen LogP contribution in [0.25, 0.3) is 11.3 Å². The molecular weight excluding hydrogens is 365 g/mol. The highest BCUT2D eigenvalue weighted by molar-refractivity contribution is 7.13. The van der Waals surface area contributed by atoms with Crippen molar-refractivity contribution in [2.45, 2.75) is 32.2 Å². The van der Waals surface area contributed by atoms with E-state index in [4.69, 9.17) is 23.2 Å². The summed E-state index contributed by atoms with van der Waals surface area (Å²) < 4.78 is 0. The van der Waals surface area contributed by atoms with Gasteiger partial charge in [0, 0.05) is 35.6 Å². The van der Waals surface area contributed by atoms with Crippen LogP contribution >= 0.6 is 34.5 Å². The second-order valence-electron chi connectivity index (χ2n) is 5.69. The lowest BCUT2D eigenvalue weighted by Crippen LogP contribution is -2.43. The molecule has 1 fully saturated rings. The van der Waals surface area contributed by atoms with Gasteiger partial charge < -0.3 is 4.90 Å². The molecule has 1 aliphatic rings. The molecule has 0 aliphatic carbocycles. The molecule has 24 heavy (non-hydrogen) atoms. The van der Waals surface area contributed by atoms with Gasteiger partial charge in [0.2, 0.25) is 11.0 Å². The summed E-state index contributed by atoms with van der Waals surface area (Å²) in [5.41, 5.74) is 1.61. The Hall–Kier alpha value is -1.43. The van der Waals surface area contributed by atoms with Gasteiger partial charge in [0.15, 0.2) is 0 Å². The second kappa shape index (κ2) is 7.64. The van der Waals surface area contributed by atoms with Crippen molar-refractivity contribution in [1.82, 2.24) is 9.88 Å². The molecule has 3 rings (SSSR count). The first-order chi connectivity index (χ1) is 11.5. The number of halogens is 2. The first kappa shape index (κ1) is 17.4. The highest BCUT2D eigenvalue weighted by Crippen LogP contribution is 2.33. The van der Waals surface area contributed by atoms with E-state index >= 15 is 0 Å². The molecule has 1 aliphatic heterocycles. The molecule has 1 saturated heterocycles. The Morgan fingerprint density at radius 1 is 1.42 bits per heavy atom. The third kappa shape index (κ3) is 3.97. The summed E-state index contributed by atoms with van der Waals surface area (Å²) in [4.78, 5) is 22.6. The molecule has 0 spiro atoms. The second-order valence-corrected chi connectivity index (χ2v) is 7.37. The molecule has 126 valence electrons. The lowest BCUT2D eigenvalue weighted by atomic mass is 10.0. The van der Waals surface area contributed by atoms with Crippen LogP contribution in [0.3, 0.4) is 0 Å². The maximum atomic E-state index is 11.7. The molecule has 1 aromatic carbocycles. The van der Waals surface area contributed by atoms with E-state index in [9.17, 15) is 4.79 Å². The van der Waals surface area contributed by atoms with Gasteiger partial charge in [-0.2, -0.15) is 0 Å². The zero-order valence-corrected chi connectivity index (χ0v) is 15.5. The number of aromatic nitrogens is 1. The van der Waals surface area contributed by atoms with Gasteiger partial charge >= 0.3 is 0 Å². The van der Waals surface area contributed by atoms with Gasteiger partial charge in [-0.1, -0.05) is 23.2 Å². The van der Waals surface area contributed by atoms with E-state index in [2.05, 4.69) is 9.98 Å². The van der Waals surface area contributed by atoms with Crippen LogP contribution in [0.15, 0.2) is 28.6 Å². The minimum Gasteiger partial charge on any atom is -0.335 e. The average Bonchev–Trinajstić information content (AvgIpc) is 3.01. The Labute approximate surface area is 155 Å². The number of nitrogens with zero attached hydrogens (tertiary/aromatic N) is 3. The Balaban J connectivity index is 1.77. The Bertz CT molecular complexity index is 775. The number of benzene rings is 1. The van der Waals surface area contributed by atoms with E-state index in [0.29, 0.717) is 15.2 Å². The smallest absolute Gasteiger partial charge is 0.219 e. The van der Waals surface area contributed by atoms with Crippen LogP contribution in [0.2, 0.25) is 10.0 Å². The first-order valence-electron chi connectivity index (χ1n) is 7.77. The van der Waals surface area contributed by atoms with Crippen LogP contribution in [-0.2, 0) is 4.79 Å². The quantitative estimate of drug-likeness (QED) is 0.684. The van der Waals surface area contributed by atoms with Crippen LogP contribution in [0.4, 0.5) is 5.13 Å². The van der Waals surface area contributed by atoms with E-state index in [0.717, 1.165) is 37.1 Å². The number of carbonyl (C=O) groups is 1. The first-order valence-corrected chi connectivity index (χ1v) is 9.40. The van der Waals surface area contributed by atoms with Crippen molar-refractivity contribution in [3.05, 3.63) is 33.6 Å². The van der Waals surface area contributed by atoms with Crippen molar-refractivity contribution in [2.24, 2.45) is 4.99 Å². The summed E-state index contributed by atoms with van der Waals surface area (Å²) in [5, 5.41) is 3.74. The van der Waals surface area contributed by atoms with E-state index in [1.54, 1.807) is 19.1 Å². The monoisotopic (exact) mass is 381 g/mol. The van der Waals surface area contributed by atoms with E-state index in [-0.39, 0.29) is 11.9 Å². The fraction of sp³-hybridized carbons (Fsp3) is 0.353. The number of rotatable bonds is 3. The lowest BCUT2D eigenvalue weighted by Gasteiger charge is -2.32. The van der Waals surface area contributed by atoms with Gasteiger partial charge in [-0.25, -0.2) is 9.98 Å². The number of aliphatic imine (C=N–C) groups is 1. The minimum absolute atomic E-state index is 0.0581. The third-order valence-corrected chi connectivity index (χ3v) is 5.31. The maximum Gasteiger partial charge on any atom is 0.219 e. The topological polar surface area (TPSA) is 45.6 Å². The van der Waals surface area contributed by atoms with Crippen LogP contribution in [-0.4, -0.2) is 34.6 Å². The van der Waals surface area contributed by atoms with E-state index < -0.39 is 0 Å². The number of piperidine rings is 1. The molecule has 0 saturated carbocycles. The molecular formula is C17H17Cl2N3OS. The van der Waals surface area contributed by atoms with Crippen LogP contribution in [0.5, 0.6) is 0 Å². The van der Waals surface area contributed by atoms with E-state index in [1.807, 2.05) is 22.6 Å². The van der Waals surface area contributed by atoms with Crippen LogP contribution in [0, 0.1) is 0 Å². The number of thiazole rings is 1. The van der Waals surface area contributed by atoms with Gasteiger partial charge in [-0.15, -0.1) is 11.3 Å². The van der Waals surface area contributed by atoms with Crippen molar-refractivity contribution in [3.63, 3.8) is 0 Å². The number of likely N-dealkylation sites (tertiary alicyclic amines) is 1. The predicted octanol–water partition coefficient (Wildman–Crippen LogP) is 5.22. The lowest BCUT2D eigenvalue weighted by molar-refractivity contribution is -0.130. The molecule has 7 heteroatoms. The van der Waals surface area contributed by atoms with Crippen molar-refractivity contribution >= 4 is 51.8 Å². The zero-order chi connectivity index (χ0) is 17.1. The molecule has 4 nitrogen and oxygen atoms in total. The number of hydrogen-bond donors (Lipinski definition) is 0. The SMILES string of the molecule is CC(=O)N1CCCCC1C=Nc1nc(-c2ccc(Cl)cc2Cl)cs1. The van der Waals surface area contributed by atoms with Crippen molar-refractivity contribution in [3.8, 4) is 11.3 Å². The zero-order valence-electron chi connectivity index (χ0n) is 13.2. The summed E-state index contributed by atoms with van der Waals surface area (Å²) in [6, 6.07) is 5.40. The van der Waals surface area contributed by atoms with E-state index in [1.165, 1.54) is 11.3 Å². The summed E-state index contributed by atoms with van der Waals surface area (Å²) in [5.74, 6) is 0.0962. The Morgan fingerprint density at radius 2 is 2.25 bits per heavy atom. The van der Waals surface area contributed by atoms with Crippen LogP contribution < -0.4 is 0 Å². The molecule has 1 atom stereocenters. The number of hydrogen-bond acceptors (Lipinski definition) is 4. The summed E-state index contributed by atoms with van der Waals surface area (Å²) in [7, 11) is 0. The number of carbonyl (C=O) groups excluding carboxylic acids is 1. The van der Waals surface area contributed by atoms with Crippen LogP contribution in [0.1, 0.15) is 26.2 Å². The normalized spacial score (nSPS) is 18.3. The fourth-order valence-corrected chi connectivity index (χ4v) is 3.97. The molecule has 0 N–H and O–H groups in total. The largest absolute Gasteiger partial charge is 0.335 e. The molecule has 2 aromatic rings. The molecule has 2 heterocycles. The predicted molar refractivity (Wildman–Crippen MR) is 101 cm³/mol. The maximum absolute atomic E-state index is 11.7. The summed E-state index contributed by atoms with van der Waals surface area (Å²) >= 11 is 13.6. The van der Waals surface area contributed by atoms with Gasteiger partial charge in [0.1, 0.15) is 0 Å². The van der Waals surface area contributed by atoms with Gasteiger partial charge in [0.05, 0.1) is 16.8 Å². The average molecular weight is 382 g/mol. The minimum atomic E-state index is 0.0581. The highest BCUT2D eigenvalue weighted by atomic mass is 35.5. The molecule has 1 amide bonds. The van der Waals surface area contributed by atoms with Gasteiger partial charge in [0.25, 0.3) is 0 Å². The molecule has 1 unspecified atom stereocenters. The third-order valence-electron chi connectivity index (χ3n) is 4.01. The summed E-state index contributed by atoms with van der Waals surface area (Å²) in [6.45, 7) is 2.41. The highest BCUT2D eigenvalue weighted by Gasteiger charge is 2.22. The van der Waals surface area contributed by atoms with Crippen molar-refractivity contribution < 1.29 is 4.79 Å². The Kier molecular flexibility index (Phi) is 5.54. The molecule has 1 aromatic heterocycles.